The van der Waals surface area contributed by atoms with Crippen molar-refractivity contribution in [3.8, 4) is 11.5 Å². The van der Waals surface area contributed by atoms with Gasteiger partial charge in [-0.3, -0.25) is 0 Å². The third kappa shape index (κ3) is 4.13. The first-order valence-electron chi connectivity index (χ1n) is 7.93. The van der Waals surface area contributed by atoms with Crippen LogP contribution < -0.4 is 14.8 Å². The summed E-state index contributed by atoms with van der Waals surface area (Å²) in [7, 11) is 3.35. The number of nitrogens with one attached hydrogen (secondary N) is 1. The van der Waals surface area contributed by atoms with Crippen LogP contribution in [0.3, 0.4) is 0 Å². The SMILES string of the molecule is COc1ccc(C(C)NC2CCCC(C)(C)C2)cc1OC. The number of ether oxygens (including phenoxy) is 2. The Balaban J connectivity index is 2.04. The lowest BCUT2D eigenvalue weighted by atomic mass is 9.75. The van der Waals surface area contributed by atoms with E-state index in [0.717, 1.165) is 11.5 Å². The maximum Gasteiger partial charge on any atom is 0.161 e. The maximum absolute atomic E-state index is 5.40. The molecule has 21 heavy (non-hydrogen) atoms. The predicted octanol–water partition coefficient (Wildman–Crippen LogP) is 4.32. The monoisotopic (exact) mass is 291 g/mol. The molecule has 1 saturated carbocycles. The van der Waals surface area contributed by atoms with Gasteiger partial charge in [0.15, 0.2) is 11.5 Å². The largest absolute Gasteiger partial charge is 0.493 e. The minimum atomic E-state index is 0.323. The van der Waals surface area contributed by atoms with Gasteiger partial charge in [0.05, 0.1) is 14.2 Å². The second kappa shape index (κ2) is 6.69. The summed E-state index contributed by atoms with van der Waals surface area (Å²) in [5, 5.41) is 3.78. The van der Waals surface area contributed by atoms with Crippen LogP contribution in [-0.4, -0.2) is 20.3 Å². The van der Waals surface area contributed by atoms with E-state index in [-0.39, 0.29) is 0 Å². The average molecular weight is 291 g/mol. The Bertz CT molecular complexity index is 470. The summed E-state index contributed by atoms with van der Waals surface area (Å²) in [4.78, 5) is 0. The number of methoxy groups -OCH3 is 2. The molecule has 0 bridgehead atoms. The zero-order valence-electron chi connectivity index (χ0n) is 14.0. The molecule has 0 heterocycles. The van der Waals surface area contributed by atoms with Gasteiger partial charge in [0.1, 0.15) is 0 Å². The van der Waals surface area contributed by atoms with Crippen molar-refractivity contribution in [2.75, 3.05) is 14.2 Å². The maximum atomic E-state index is 5.40. The van der Waals surface area contributed by atoms with Gasteiger partial charge in [0, 0.05) is 12.1 Å². The molecule has 0 aromatic heterocycles. The van der Waals surface area contributed by atoms with E-state index < -0.39 is 0 Å². The quantitative estimate of drug-likeness (QED) is 0.876. The molecule has 3 nitrogen and oxygen atoms in total. The second-order valence-corrected chi connectivity index (χ2v) is 6.96. The summed E-state index contributed by atoms with van der Waals surface area (Å²) in [6.45, 7) is 6.98. The van der Waals surface area contributed by atoms with Crippen molar-refractivity contribution in [2.24, 2.45) is 5.41 Å². The standard InChI is InChI=1S/C18H29NO2/c1-13(19-15-7-6-10-18(2,3)12-15)14-8-9-16(20-4)17(11-14)21-5/h8-9,11,13,15,19H,6-7,10,12H2,1-5H3. The molecule has 0 aliphatic heterocycles. The molecule has 1 N–H and O–H groups in total. The molecule has 1 fully saturated rings. The van der Waals surface area contributed by atoms with Crippen LogP contribution in [0.4, 0.5) is 0 Å². The Morgan fingerprint density at radius 1 is 1.19 bits per heavy atom. The molecule has 2 atom stereocenters. The van der Waals surface area contributed by atoms with Crippen LogP contribution in [0.5, 0.6) is 11.5 Å². The molecule has 3 heteroatoms. The first-order valence-corrected chi connectivity index (χ1v) is 7.93. The van der Waals surface area contributed by atoms with E-state index in [1.165, 1.54) is 31.2 Å². The lowest BCUT2D eigenvalue weighted by Gasteiger charge is -2.37. The lowest BCUT2D eigenvalue weighted by molar-refractivity contribution is 0.191. The molecule has 0 saturated heterocycles. The van der Waals surface area contributed by atoms with Crippen LogP contribution in [-0.2, 0) is 0 Å². The summed E-state index contributed by atoms with van der Waals surface area (Å²) >= 11 is 0. The van der Waals surface area contributed by atoms with Crippen LogP contribution in [0.15, 0.2) is 18.2 Å². The Kier molecular flexibility index (Phi) is 5.15. The van der Waals surface area contributed by atoms with Gasteiger partial charge >= 0.3 is 0 Å². The molecule has 1 aromatic carbocycles. The highest BCUT2D eigenvalue weighted by Gasteiger charge is 2.28. The van der Waals surface area contributed by atoms with Crippen LogP contribution in [0.1, 0.15) is 58.1 Å². The highest BCUT2D eigenvalue weighted by Crippen LogP contribution is 2.36. The average Bonchev–Trinajstić information content (AvgIpc) is 2.45. The molecule has 2 unspecified atom stereocenters. The summed E-state index contributed by atoms with van der Waals surface area (Å²) in [5.41, 5.74) is 1.71. The lowest BCUT2D eigenvalue weighted by Crippen LogP contribution is -2.38. The topological polar surface area (TPSA) is 30.5 Å². The Hall–Kier alpha value is -1.22. The minimum Gasteiger partial charge on any atom is -0.493 e. The predicted molar refractivity (Wildman–Crippen MR) is 87.1 cm³/mol. The molecule has 0 amide bonds. The van der Waals surface area contributed by atoms with Gasteiger partial charge in [-0.05, 0) is 49.3 Å². The normalized spacial score (nSPS) is 22.6. The van der Waals surface area contributed by atoms with E-state index >= 15 is 0 Å². The van der Waals surface area contributed by atoms with Crippen molar-refractivity contribution in [3.05, 3.63) is 23.8 Å². The van der Waals surface area contributed by atoms with Gasteiger partial charge in [0.2, 0.25) is 0 Å². The van der Waals surface area contributed by atoms with Crippen molar-refractivity contribution in [2.45, 2.75) is 58.5 Å². The number of rotatable bonds is 5. The molecule has 1 aliphatic rings. The van der Waals surface area contributed by atoms with Crippen molar-refractivity contribution < 1.29 is 9.47 Å². The van der Waals surface area contributed by atoms with Crippen LogP contribution in [0.2, 0.25) is 0 Å². The van der Waals surface area contributed by atoms with E-state index in [1.807, 2.05) is 6.07 Å². The summed E-state index contributed by atoms with van der Waals surface area (Å²) < 4.78 is 10.7. The van der Waals surface area contributed by atoms with Crippen molar-refractivity contribution in [1.29, 1.82) is 0 Å². The number of benzene rings is 1. The first kappa shape index (κ1) is 16.2. The van der Waals surface area contributed by atoms with E-state index in [1.54, 1.807) is 14.2 Å². The third-order valence-electron chi connectivity index (χ3n) is 4.60. The Morgan fingerprint density at radius 3 is 2.52 bits per heavy atom. The fourth-order valence-electron chi connectivity index (χ4n) is 3.41. The highest BCUT2D eigenvalue weighted by molar-refractivity contribution is 5.43. The van der Waals surface area contributed by atoms with Gasteiger partial charge in [0.25, 0.3) is 0 Å². The van der Waals surface area contributed by atoms with Crippen molar-refractivity contribution >= 4 is 0 Å². The smallest absolute Gasteiger partial charge is 0.161 e. The van der Waals surface area contributed by atoms with E-state index in [2.05, 4.69) is 38.2 Å². The molecule has 1 aliphatic carbocycles. The molecule has 2 rings (SSSR count). The van der Waals surface area contributed by atoms with Gasteiger partial charge in [-0.2, -0.15) is 0 Å². The van der Waals surface area contributed by atoms with E-state index in [4.69, 9.17) is 9.47 Å². The summed E-state index contributed by atoms with van der Waals surface area (Å²) in [6.07, 6.45) is 5.20. The van der Waals surface area contributed by atoms with Crippen LogP contribution >= 0.6 is 0 Å². The summed E-state index contributed by atoms with van der Waals surface area (Å²) in [5.74, 6) is 1.58. The summed E-state index contributed by atoms with van der Waals surface area (Å²) in [6, 6.07) is 7.11. The molecule has 0 radical (unpaired) electrons. The fraction of sp³-hybridized carbons (Fsp3) is 0.667. The molecular formula is C18H29NO2. The van der Waals surface area contributed by atoms with Gasteiger partial charge < -0.3 is 14.8 Å². The van der Waals surface area contributed by atoms with Crippen molar-refractivity contribution in [3.63, 3.8) is 0 Å². The van der Waals surface area contributed by atoms with Gasteiger partial charge in [-0.15, -0.1) is 0 Å². The van der Waals surface area contributed by atoms with Crippen LogP contribution in [0.25, 0.3) is 0 Å². The first-order chi connectivity index (χ1) is 9.95. The third-order valence-corrected chi connectivity index (χ3v) is 4.60. The molecule has 118 valence electrons. The molecular weight excluding hydrogens is 262 g/mol. The van der Waals surface area contributed by atoms with Crippen LogP contribution in [0, 0.1) is 5.41 Å². The van der Waals surface area contributed by atoms with Gasteiger partial charge in [-0.1, -0.05) is 26.3 Å². The van der Waals surface area contributed by atoms with E-state index in [9.17, 15) is 0 Å². The van der Waals surface area contributed by atoms with Gasteiger partial charge in [-0.25, -0.2) is 0 Å². The zero-order chi connectivity index (χ0) is 15.5. The molecule has 1 aromatic rings. The Labute approximate surface area is 129 Å². The number of hydrogen-bond donors (Lipinski definition) is 1. The number of hydrogen-bond acceptors (Lipinski definition) is 3. The van der Waals surface area contributed by atoms with E-state index in [0.29, 0.717) is 17.5 Å². The van der Waals surface area contributed by atoms with Crippen molar-refractivity contribution in [1.82, 2.24) is 5.32 Å². The fourth-order valence-corrected chi connectivity index (χ4v) is 3.41. The minimum absolute atomic E-state index is 0.323. The second-order valence-electron chi connectivity index (χ2n) is 6.96. The zero-order valence-corrected chi connectivity index (χ0v) is 14.0. The molecule has 0 spiro atoms. The highest BCUT2D eigenvalue weighted by atomic mass is 16.5. The Morgan fingerprint density at radius 2 is 1.90 bits per heavy atom.